The summed E-state index contributed by atoms with van der Waals surface area (Å²) in [4.78, 5) is 13.5. The molecule has 4 nitrogen and oxygen atoms in total. The largest absolute Gasteiger partial charge is 0.377 e. The monoisotopic (exact) mass is 186 g/mol. The molecule has 2 N–H and O–H groups in total. The number of ether oxygens (including phenoxy) is 1. The first kappa shape index (κ1) is 10.5. The minimum atomic E-state index is -0.347. The van der Waals surface area contributed by atoms with Gasteiger partial charge in [0.1, 0.15) is 0 Å². The molecule has 0 aromatic heterocycles. The number of rotatable bonds is 2. The highest BCUT2D eigenvalue weighted by Gasteiger charge is 2.26. The maximum Gasteiger partial charge on any atom is 0.239 e. The number of hydrogen-bond acceptors (Lipinski definition) is 3. The molecule has 1 rings (SSSR count). The number of carbonyl (C=O) groups excluding carboxylic acids is 1. The van der Waals surface area contributed by atoms with Crippen LogP contribution in [0, 0.1) is 0 Å². The first-order chi connectivity index (χ1) is 6.16. The van der Waals surface area contributed by atoms with Crippen molar-refractivity contribution in [3.05, 3.63) is 0 Å². The summed E-state index contributed by atoms with van der Waals surface area (Å²) in [6.07, 6.45) is 0.697. The second-order valence-electron chi connectivity index (χ2n) is 3.47. The first-order valence-electron chi connectivity index (χ1n) is 4.80. The van der Waals surface area contributed by atoms with E-state index in [1.165, 1.54) is 0 Å². The lowest BCUT2D eigenvalue weighted by Crippen LogP contribution is -2.52. The summed E-state index contributed by atoms with van der Waals surface area (Å²) in [5, 5.41) is 0. The normalized spacial score (nSPS) is 25.8. The smallest absolute Gasteiger partial charge is 0.239 e. The molecular formula is C9H18N2O2. The van der Waals surface area contributed by atoms with Crippen LogP contribution >= 0.6 is 0 Å². The van der Waals surface area contributed by atoms with Gasteiger partial charge in [-0.1, -0.05) is 6.92 Å². The summed E-state index contributed by atoms with van der Waals surface area (Å²) >= 11 is 0. The van der Waals surface area contributed by atoms with Gasteiger partial charge < -0.3 is 15.4 Å². The zero-order valence-corrected chi connectivity index (χ0v) is 8.32. The predicted octanol–water partition coefficient (Wildman–Crippen LogP) is -0.0290. The Labute approximate surface area is 79.0 Å². The molecule has 1 unspecified atom stereocenters. The minimum Gasteiger partial charge on any atom is -0.377 e. The Hall–Kier alpha value is -0.610. The van der Waals surface area contributed by atoms with Crippen LogP contribution in [0.25, 0.3) is 0 Å². The van der Waals surface area contributed by atoms with Gasteiger partial charge in [0.15, 0.2) is 0 Å². The molecule has 0 aromatic rings. The van der Waals surface area contributed by atoms with Crippen molar-refractivity contribution >= 4 is 5.91 Å². The van der Waals surface area contributed by atoms with Crippen molar-refractivity contribution in [2.75, 3.05) is 19.8 Å². The van der Waals surface area contributed by atoms with E-state index in [4.69, 9.17) is 10.5 Å². The van der Waals surface area contributed by atoms with Gasteiger partial charge in [-0.25, -0.2) is 0 Å². The average Bonchev–Trinajstić information content (AvgIpc) is 2.16. The van der Waals surface area contributed by atoms with E-state index in [1.54, 1.807) is 0 Å². The molecule has 1 aliphatic rings. The minimum absolute atomic E-state index is 0.0540. The Morgan fingerprint density at radius 3 is 3.00 bits per heavy atom. The summed E-state index contributed by atoms with van der Waals surface area (Å²) in [5.41, 5.74) is 5.68. The molecule has 0 spiro atoms. The maximum absolute atomic E-state index is 11.7. The Morgan fingerprint density at radius 1 is 1.77 bits per heavy atom. The van der Waals surface area contributed by atoms with E-state index >= 15 is 0 Å². The standard InChI is InChI=1S/C9H18N2O2/c1-3-8(10)9(12)11-4-5-13-6-7(11)2/h7-8H,3-6,10H2,1-2H3/t7?,8-/m1/s1. The molecular weight excluding hydrogens is 168 g/mol. The second kappa shape index (κ2) is 4.58. The number of amides is 1. The van der Waals surface area contributed by atoms with Crippen molar-refractivity contribution in [3.63, 3.8) is 0 Å². The first-order valence-corrected chi connectivity index (χ1v) is 4.80. The molecule has 1 amide bonds. The van der Waals surface area contributed by atoms with Crippen molar-refractivity contribution in [2.45, 2.75) is 32.4 Å². The number of nitrogens with two attached hydrogens (primary N) is 1. The summed E-state index contributed by atoms with van der Waals surface area (Å²) in [7, 11) is 0. The van der Waals surface area contributed by atoms with Gasteiger partial charge >= 0.3 is 0 Å². The van der Waals surface area contributed by atoms with Gasteiger partial charge in [0.25, 0.3) is 0 Å². The van der Waals surface area contributed by atoms with E-state index in [0.29, 0.717) is 26.2 Å². The topological polar surface area (TPSA) is 55.6 Å². The molecule has 0 aromatic carbocycles. The Bertz CT molecular complexity index is 184. The number of morpholine rings is 1. The van der Waals surface area contributed by atoms with Gasteiger partial charge in [0, 0.05) is 6.54 Å². The molecule has 1 fully saturated rings. The third-order valence-electron chi connectivity index (χ3n) is 2.41. The zero-order valence-electron chi connectivity index (χ0n) is 8.32. The fraction of sp³-hybridized carbons (Fsp3) is 0.889. The van der Waals surface area contributed by atoms with Crippen molar-refractivity contribution in [1.29, 1.82) is 0 Å². The van der Waals surface area contributed by atoms with Crippen LogP contribution in [0.2, 0.25) is 0 Å². The number of hydrogen-bond donors (Lipinski definition) is 1. The fourth-order valence-corrected chi connectivity index (χ4v) is 1.44. The molecule has 1 saturated heterocycles. The quantitative estimate of drug-likeness (QED) is 0.659. The van der Waals surface area contributed by atoms with Gasteiger partial charge in [-0.05, 0) is 13.3 Å². The Balaban J connectivity index is 2.53. The third-order valence-corrected chi connectivity index (χ3v) is 2.41. The van der Waals surface area contributed by atoms with E-state index in [2.05, 4.69) is 0 Å². The fourth-order valence-electron chi connectivity index (χ4n) is 1.44. The molecule has 13 heavy (non-hydrogen) atoms. The molecule has 1 aliphatic heterocycles. The van der Waals surface area contributed by atoms with Crippen molar-refractivity contribution in [1.82, 2.24) is 4.90 Å². The van der Waals surface area contributed by atoms with Gasteiger partial charge in [-0.2, -0.15) is 0 Å². The summed E-state index contributed by atoms with van der Waals surface area (Å²) in [6, 6.07) is -0.181. The highest BCUT2D eigenvalue weighted by atomic mass is 16.5. The number of carbonyl (C=O) groups is 1. The van der Waals surface area contributed by atoms with Crippen LogP contribution in [-0.4, -0.2) is 42.6 Å². The highest BCUT2D eigenvalue weighted by Crippen LogP contribution is 2.08. The van der Waals surface area contributed by atoms with E-state index < -0.39 is 0 Å². The van der Waals surface area contributed by atoms with E-state index in [0.717, 1.165) is 0 Å². The third kappa shape index (κ3) is 2.42. The van der Waals surface area contributed by atoms with Crippen LogP contribution in [0.1, 0.15) is 20.3 Å². The van der Waals surface area contributed by atoms with E-state index in [1.807, 2.05) is 18.7 Å². The van der Waals surface area contributed by atoms with Crippen molar-refractivity contribution in [2.24, 2.45) is 5.73 Å². The van der Waals surface area contributed by atoms with Gasteiger partial charge in [0.2, 0.25) is 5.91 Å². The highest BCUT2D eigenvalue weighted by molar-refractivity contribution is 5.81. The van der Waals surface area contributed by atoms with Crippen LogP contribution in [0.3, 0.4) is 0 Å². The Kier molecular flexibility index (Phi) is 3.69. The summed E-state index contributed by atoms with van der Waals surface area (Å²) < 4.78 is 5.24. The second-order valence-corrected chi connectivity index (χ2v) is 3.47. The maximum atomic E-state index is 11.7. The van der Waals surface area contributed by atoms with Gasteiger partial charge in [-0.15, -0.1) is 0 Å². The Morgan fingerprint density at radius 2 is 2.46 bits per heavy atom. The van der Waals surface area contributed by atoms with Crippen LogP contribution < -0.4 is 5.73 Å². The van der Waals surface area contributed by atoms with Crippen LogP contribution in [-0.2, 0) is 9.53 Å². The molecule has 76 valence electrons. The van der Waals surface area contributed by atoms with Crippen LogP contribution in [0.4, 0.5) is 0 Å². The van der Waals surface area contributed by atoms with E-state index in [-0.39, 0.29) is 18.0 Å². The van der Waals surface area contributed by atoms with Crippen LogP contribution in [0.5, 0.6) is 0 Å². The molecule has 0 radical (unpaired) electrons. The lowest BCUT2D eigenvalue weighted by molar-refractivity contribution is -0.140. The lowest BCUT2D eigenvalue weighted by Gasteiger charge is -2.34. The lowest BCUT2D eigenvalue weighted by atomic mass is 10.1. The summed E-state index contributed by atoms with van der Waals surface area (Å²) in [6.45, 7) is 5.84. The van der Waals surface area contributed by atoms with E-state index in [9.17, 15) is 4.79 Å². The molecule has 0 saturated carbocycles. The zero-order chi connectivity index (χ0) is 9.84. The molecule has 2 atom stereocenters. The van der Waals surface area contributed by atoms with Crippen LogP contribution in [0.15, 0.2) is 0 Å². The molecule has 0 bridgehead atoms. The van der Waals surface area contributed by atoms with Gasteiger partial charge in [-0.3, -0.25) is 4.79 Å². The summed E-state index contributed by atoms with van der Waals surface area (Å²) in [5.74, 6) is 0.0540. The molecule has 1 heterocycles. The molecule has 4 heteroatoms. The SMILES string of the molecule is CC[C@@H](N)C(=O)N1CCOCC1C. The predicted molar refractivity (Wildman–Crippen MR) is 50.3 cm³/mol. The average molecular weight is 186 g/mol. The number of nitrogens with zero attached hydrogens (tertiary/aromatic N) is 1. The molecule has 0 aliphatic carbocycles. The van der Waals surface area contributed by atoms with Crippen molar-refractivity contribution in [3.8, 4) is 0 Å². The van der Waals surface area contributed by atoms with Gasteiger partial charge in [0.05, 0.1) is 25.3 Å². The van der Waals surface area contributed by atoms with Crippen molar-refractivity contribution < 1.29 is 9.53 Å².